The molecule has 0 bridgehead atoms. The molecule has 13 heavy (non-hydrogen) atoms. The van der Waals surface area contributed by atoms with Gasteiger partial charge in [-0.1, -0.05) is 24.6 Å². The monoisotopic (exact) mass is 199 g/mol. The summed E-state index contributed by atoms with van der Waals surface area (Å²) in [6.07, 6.45) is 0. The summed E-state index contributed by atoms with van der Waals surface area (Å²) >= 11 is 5.78. The van der Waals surface area contributed by atoms with E-state index in [1.807, 2.05) is 6.07 Å². The minimum absolute atomic E-state index is 0.133. The highest BCUT2D eigenvalue weighted by Crippen LogP contribution is 2.26. The summed E-state index contributed by atoms with van der Waals surface area (Å²) in [6.45, 7) is 5.03. The van der Waals surface area contributed by atoms with Gasteiger partial charge < -0.3 is 10.4 Å². The van der Waals surface area contributed by atoms with Gasteiger partial charge in [-0.25, -0.2) is 0 Å². The van der Waals surface area contributed by atoms with Crippen LogP contribution in [0.1, 0.15) is 25.5 Å². The first-order valence-electron chi connectivity index (χ1n) is 4.37. The van der Waals surface area contributed by atoms with Crippen LogP contribution >= 0.6 is 11.6 Å². The third-order valence-electron chi connectivity index (χ3n) is 1.98. The lowest BCUT2D eigenvalue weighted by Gasteiger charge is -2.12. The zero-order valence-corrected chi connectivity index (χ0v) is 8.60. The molecule has 2 nitrogen and oxygen atoms in total. The van der Waals surface area contributed by atoms with Crippen LogP contribution in [-0.4, -0.2) is 11.7 Å². The van der Waals surface area contributed by atoms with E-state index >= 15 is 0 Å². The van der Waals surface area contributed by atoms with Gasteiger partial charge in [-0.2, -0.15) is 0 Å². The fourth-order valence-corrected chi connectivity index (χ4v) is 1.41. The Morgan fingerprint density at radius 3 is 2.77 bits per heavy atom. The van der Waals surface area contributed by atoms with E-state index in [2.05, 4.69) is 19.2 Å². The fraction of sp³-hybridized carbons (Fsp3) is 0.400. The van der Waals surface area contributed by atoms with Gasteiger partial charge >= 0.3 is 0 Å². The molecule has 1 rings (SSSR count). The number of phenolic OH excluding ortho intramolecular Hbond substituents is 1. The zero-order chi connectivity index (χ0) is 9.84. The summed E-state index contributed by atoms with van der Waals surface area (Å²) in [5, 5.41) is 12.9. The third-order valence-corrected chi connectivity index (χ3v) is 2.28. The molecule has 0 saturated carbocycles. The summed E-state index contributed by atoms with van der Waals surface area (Å²) < 4.78 is 0. The maximum atomic E-state index is 9.20. The molecule has 3 heteroatoms. The lowest BCUT2D eigenvalue weighted by molar-refractivity contribution is 0.474. The van der Waals surface area contributed by atoms with Gasteiger partial charge in [0.1, 0.15) is 5.75 Å². The molecule has 72 valence electrons. The predicted octanol–water partition coefficient (Wildman–Crippen LogP) is 2.72. The second-order valence-electron chi connectivity index (χ2n) is 2.99. The number of hydrogen-bond donors (Lipinski definition) is 2. The minimum atomic E-state index is 0.133. The molecule has 0 aromatic heterocycles. The molecule has 1 aromatic rings. The minimum Gasteiger partial charge on any atom is -0.506 e. The average molecular weight is 200 g/mol. The van der Waals surface area contributed by atoms with E-state index in [1.54, 1.807) is 12.1 Å². The molecule has 0 radical (unpaired) electrons. The lowest BCUT2D eigenvalue weighted by Crippen LogP contribution is -2.17. The highest BCUT2D eigenvalue weighted by molar-refractivity contribution is 6.32. The largest absolute Gasteiger partial charge is 0.506 e. The van der Waals surface area contributed by atoms with Crippen molar-refractivity contribution in [3.8, 4) is 5.75 Å². The van der Waals surface area contributed by atoms with Crippen LogP contribution in [0, 0.1) is 0 Å². The van der Waals surface area contributed by atoms with Crippen LogP contribution in [-0.2, 0) is 0 Å². The molecule has 2 N–H and O–H groups in total. The van der Waals surface area contributed by atoms with Gasteiger partial charge in [-0.05, 0) is 31.2 Å². The van der Waals surface area contributed by atoms with Crippen LogP contribution in [0.4, 0.5) is 0 Å². The van der Waals surface area contributed by atoms with Crippen molar-refractivity contribution in [2.45, 2.75) is 19.9 Å². The first-order valence-corrected chi connectivity index (χ1v) is 4.74. The summed E-state index contributed by atoms with van der Waals surface area (Å²) in [5.41, 5.74) is 1.09. The molecule has 1 aromatic carbocycles. The molecule has 0 amide bonds. The SMILES string of the molecule is CCNC(C)c1ccc(O)c(Cl)c1. The van der Waals surface area contributed by atoms with E-state index in [1.165, 1.54) is 0 Å². The van der Waals surface area contributed by atoms with E-state index in [9.17, 15) is 5.11 Å². The van der Waals surface area contributed by atoms with Crippen LogP contribution in [0.2, 0.25) is 5.02 Å². The average Bonchev–Trinajstić information content (AvgIpc) is 2.10. The van der Waals surface area contributed by atoms with Gasteiger partial charge in [-0.15, -0.1) is 0 Å². The van der Waals surface area contributed by atoms with Gasteiger partial charge in [0, 0.05) is 6.04 Å². The molecule has 0 aliphatic carbocycles. The number of nitrogens with one attached hydrogen (secondary N) is 1. The second-order valence-corrected chi connectivity index (χ2v) is 3.40. The maximum Gasteiger partial charge on any atom is 0.134 e. The quantitative estimate of drug-likeness (QED) is 0.785. The van der Waals surface area contributed by atoms with Crippen LogP contribution in [0.3, 0.4) is 0 Å². The van der Waals surface area contributed by atoms with Crippen LogP contribution < -0.4 is 5.32 Å². The number of aromatic hydroxyl groups is 1. The Bertz CT molecular complexity index is 288. The van der Waals surface area contributed by atoms with Crippen molar-refractivity contribution < 1.29 is 5.11 Å². The van der Waals surface area contributed by atoms with E-state index in [-0.39, 0.29) is 11.8 Å². The lowest BCUT2D eigenvalue weighted by atomic mass is 10.1. The molecule has 0 fully saturated rings. The second kappa shape index (κ2) is 4.49. The zero-order valence-electron chi connectivity index (χ0n) is 7.84. The summed E-state index contributed by atoms with van der Waals surface area (Å²) in [7, 11) is 0. The van der Waals surface area contributed by atoms with Crippen LogP contribution in [0.25, 0.3) is 0 Å². The topological polar surface area (TPSA) is 32.3 Å². The van der Waals surface area contributed by atoms with Crippen molar-refractivity contribution in [1.82, 2.24) is 5.32 Å². The Hall–Kier alpha value is -0.730. The Morgan fingerprint density at radius 1 is 1.54 bits per heavy atom. The summed E-state index contributed by atoms with van der Waals surface area (Å²) in [5.74, 6) is 0.133. The van der Waals surface area contributed by atoms with Crippen molar-refractivity contribution >= 4 is 11.6 Å². The first-order chi connectivity index (χ1) is 6.15. The molecule has 1 atom stereocenters. The first kappa shape index (κ1) is 10.4. The molecular weight excluding hydrogens is 186 g/mol. The Kier molecular flexibility index (Phi) is 3.58. The van der Waals surface area contributed by atoms with Crippen molar-refractivity contribution in [1.29, 1.82) is 0 Å². The molecule has 0 aliphatic heterocycles. The molecule has 1 unspecified atom stereocenters. The molecule has 0 heterocycles. The van der Waals surface area contributed by atoms with Crippen LogP contribution in [0.5, 0.6) is 5.75 Å². The predicted molar refractivity (Wildman–Crippen MR) is 55.2 cm³/mol. The van der Waals surface area contributed by atoms with Crippen molar-refractivity contribution in [3.63, 3.8) is 0 Å². The molecule has 0 saturated heterocycles. The normalized spacial score (nSPS) is 12.8. The van der Waals surface area contributed by atoms with Gasteiger partial charge in [0.05, 0.1) is 5.02 Å². The number of phenols is 1. The fourth-order valence-electron chi connectivity index (χ4n) is 1.22. The van der Waals surface area contributed by atoms with Gasteiger partial charge in [0.15, 0.2) is 0 Å². The Morgan fingerprint density at radius 2 is 2.23 bits per heavy atom. The van der Waals surface area contributed by atoms with Crippen LogP contribution in [0.15, 0.2) is 18.2 Å². The number of halogens is 1. The van der Waals surface area contributed by atoms with Crippen molar-refractivity contribution in [2.24, 2.45) is 0 Å². The van der Waals surface area contributed by atoms with Crippen molar-refractivity contribution in [2.75, 3.05) is 6.54 Å². The summed E-state index contributed by atoms with van der Waals surface area (Å²) in [6, 6.07) is 5.53. The van der Waals surface area contributed by atoms with Crippen molar-refractivity contribution in [3.05, 3.63) is 28.8 Å². The Labute approximate surface area is 83.5 Å². The Balaban J connectivity index is 2.84. The highest BCUT2D eigenvalue weighted by Gasteiger charge is 2.05. The van der Waals surface area contributed by atoms with Gasteiger partial charge in [0.25, 0.3) is 0 Å². The van der Waals surface area contributed by atoms with Gasteiger partial charge in [-0.3, -0.25) is 0 Å². The smallest absolute Gasteiger partial charge is 0.134 e. The van der Waals surface area contributed by atoms with E-state index in [4.69, 9.17) is 11.6 Å². The molecular formula is C10H14ClNO. The summed E-state index contributed by atoms with van der Waals surface area (Å²) in [4.78, 5) is 0. The third kappa shape index (κ3) is 2.61. The highest BCUT2D eigenvalue weighted by atomic mass is 35.5. The number of hydrogen-bond acceptors (Lipinski definition) is 2. The van der Waals surface area contributed by atoms with E-state index in [0.29, 0.717) is 5.02 Å². The number of rotatable bonds is 3. The van der Waals surface area contributed by atoms with E-state index in [0.717, 1.165) is 12.1 Å². The molecule has 0 aliphatic rings. The standard InChI is InChI=1S/C10H14ClNO/c1-3-12-7(2)8-4-5-10(13)9(11)6-8/h4-7,12-13H,3H2,1-2H3. The molecule has 0 spiro atoms. The van der Waals surface area contributed by atoms with Gasteiger partial charge in [0.2, 0.25) is 0 Å². The van der Waals surface area contributed by atoms with E-state index < -0.39 is 0 Å². The number of benzene rings is 1. The maximum absolute atomic E-state index is 9.20.